The van der Waals surface area contributed by atoms with Gasteiger partial charge in [-0.2, -0.15) is 0 Å². The van der Waals surface area contributed by atoms with Crippen LogP contribution in [0.25, 0.3) is 17.1 Å². The fourth-order valence-corrected chi connectivity index (χ4v) is 6.18. The number of fused-ring (bicyclic) bond motifs is 3. The molecule has 6 N–H and O–H groups in total. The van der Waals surface area contributed by atoms with Crippen molar-refractivity contribution in [3.63, 3.8) is 0 Å². The molecule has 39 heavy (non-hydrogen) atoms. The lowest BCUT2D eigenvalue weighted by Crippen LogP contribution is -2.58. The Labute approximate surface area is 224 Å². The fraction of sp³-hybridized carbons (Fsp3) is 0.393. The zero-order chi connectivity index (χ0) is 28.5. The number of carbonyl (C=O) groups excluding carboxylic acids is 3. The van der Waals surface area contributed by atoms with E-state index in [1.807, 2.05) is 38.0 Å². The van der Waals surface area contributed by atoms with Crippen LogP contribution in [0.15, 0.2) is 39.5 Å². The van der Waals surface area contributed by atoms with E-state index in [4.69, 9.17) is 10.2 Å². The summed E-state index contributed by atoms with van der Waals surface area (Å²) in [7, 11) is 7.41. The van der Waals surface area contributed by atoms with Crippen LogP contribution in [0, 0.1) is 11.8 Å². The Hall–Kier alpha value is -4.09. The van der Waals surface area contributed by atoms with Crippen molar-refractivity contribution in [2.75, 3.05) is 33.1 Å². The van der Waals surface area contributed by atoms with E-state index in [0.717, 1.165) is 0 Å². The zero-order valence-corrected chi connectivity index (χ0v) is 22.1. The zero-order valence-electron chi connectivity index (χ0n) is 22.1. The van der Waals surface area contributed by atoms with Gasteiger partial charge in [-0.15, -0.1) is 0 Å². The smallest absolute Gasteiger partial charge is 0.255 e. The minimum atomic E-state index is -2.60. The number of aliphatic hydroxyl groups excluding tert-OH is 2. The molecule has 11 heteroatoms. The van der Waals surface area contributed by atoms with E-state index < -0.39 is 52.0 Å². The second-order valence-corrected chi connectivity index (χ2v) is 11.0. The minimum absolute atomic E-state index is 0.0221. The van der Waals surface area contributed by atoms with Gasteiger partial charge in [0.25, 0.3) is 5.91 Å². The maximum Gasteiger partial charge on any atom is 0.255 e. The number of benzene rings is 1. The number of phenolic OH excluding ortho intramolecular Hbond substituents is 1. The first-order valence-corrected chi connectivity index (χ1v) is 12.5. The summed E-state index contributed by atoms with van der Waals surface area (Å²) in [6.45, 7) is 0.532. The number of amides is 1. The van der Waals surface area contributed by atoms with Crippen LogP contribution in [-0.2, 0) is 27.3 Å². The third kappa shape index (κ3) is 3.83. The fourth-order valence-electron chi connectivity index (χ4n) is 6.18. The Bertz CT molecular complexity index is 1500. The Balaban J connectivity index is 1.70. The topological polar surface area (TPSA) is 178 Å². The van der Waals surface area contributed by atoms with Crippen molar-refractivity contribution in [2.24, 2.45) is 17.6 Å². The standard InChI is InChI=1S/C28H31N3O8/c1-30(2)11-14-5-6-19(39-14)16-10-17(31(3)4)15-8-12-7-13-9-18(32)22(27(29)37)26(36)28(13,38)25(35)20(12)24(34)21(15)23(16)33/h5-6,10,12-13,33-34,36,38H,7-9,11H2,1-4H3,(H2,29,37). The minimum Gasteiger partial charge on any atom is -0.508 e. The number of phenols is 1. The lowest BCUT2D eigenvalue weighted by Gasteiger charge is -2.46. The van der Waals surface area contributed by atoms with Crippen LogP contribution in [0.2, 0.25) is 0 Å². The number of hydrogen-bond donors (Lipinski definition) is 5. The lowest BCUT2D eigenvalue weighted by molar-refractivity contribution is -0.147. The molecule has 5 rings (SSSR count). The van der Waals surface area contributed by atoms with Gasteiger partial charge in [-0.1, -0.05) is 0 Å². The van der Waals surface area contributed by atoms with Gasteiger partial charge in [-0.05, 0) is 56.6 Å². The first-order valence-electron chi connectivity index (χ1n) is 12.5. The van der Waals surface area contributed by atoms with E-state index >= 15 is 0 Å². The summed E-state index contributed by atoms with van der Waals surface area (Å²) < 4.78 is 5.96. The van der Waals surface area contributed by atoms with E-state index in [1.165, 1.54) is 0 Å². The number of rotatable bonds is 5. The van der Waals surface area contributed by atoms with Gasteiger partial charge < -0.3 is 40.4 Å². The quantitative estimate of drug-likeness (QED) is 0.353. The molecule has 1 amide bonds. The highest BCUT2D eigenvalue weighted by molar-refractivity contribution is 6.22. The van der Waals surface area contributed by atoms with Gasteiger partial charge in [0.05, 0.1) is 17.7 Å². The van der Waals surface area contributed by atoms with E-state index in [9.17, 15) is 34.8 Å². The van der Waals surface area contributed by atoms with Gasteiger partial charge in [0, 0.05) is 37.7 Å². The van der Waals surface area contributed by atoms with Crippen molar-refractivity contribution in [3.8, 4) is 17.1 Å². The summed E-state index contributed by atoms with van der Waals surface area (Å²) in [6.07, 6.45) is -0.0649. The van der Waals surface area contributed by atoms with Crippen molar-refractivity contribution in [1.29, 1.82) is 0 Å². The molecule has 11 nitrogen and oxygen atoms in total. The highest BCUT2D eigenvalue weighted by Crippen LogP contribution is 2.54. The van der Waals surface area contributed by atoms with Crippen LogP contribution in [0.1, 0.15) is 29.7 Å². The molecule has 0 bridgehead atoms. The summed E-state index contributed by atoms with van der Waals surface area (Å²) in [5, 5.41) is 45.1. The van der Waals surface area contributed by atoms with Crippen LogP contribution >= 0.6 is 0 Å². The van der Waals surface area contributed by atoms with Crippen LogP contribution in [0.5, 0.6) is 5.75 Å². The summed E-state index contributed by atoms with van der Waals surface area (Å²) in [5.74, 6) is -5.57. The number of nitrogens with zero attached hydrogens (tertiary/aromatic N) is 2. The number of hydrogen-bond acceptors (Lipinski definition) is 10. The second-order valence-electron chi connectivity index (χ2n) is 11.0. The number of Topliss-reactive ketones (excluding diaryl/α,β-unsaturated/α-hetero) is 2. The van der Waals surface area contributed by atoms with Gasteiger partial charge in [-0.3, -0.25) is 14.4 Å². The van der Waals surface area contributed by atoms with Gasteiger partial charge in [-0.25, -0.2) is 0 Å². The Kier molecular flexibility index (Phi) is 6.11. The third-order valence-corrected chi connectivity index (χ3v) is 7.92. The SMILES string of the molecule is CN(C)Cc1ccc(-c2cc(N(C)C)c3c(c2O)C(O)=C2C(=O)C4(O)C(O)=C(C(N)=O)C(=O)CC4CC2C3)o1. The molecule has 2 aromatic rings. The second kappa shape index (κ2) is 8.99. The van der Waals surface area contributed by atoms with Crippen molar-refractivity contribution in [2.45, 2.75) is 31.4 Å². The molecule has 3 atom stereocenters. The number of anilines is 1. The number of aliphatic hydroxyl groups is 3. The molecule has 1 aromatic carbocycles. The number of ketones is 2. The summed E-state index contributed by atoms with van der Waals surface area (Å²) in [4.78, 5) is 41.9. The van der Waals surface area contributed by atoms with E-state index in [1.54, 1.807) is 18.2 Å². The molecule has 1 aromatic heterocycles. The van der Waals surface area contributed by atoms with Crippen LogP contribution in [0.4, 0.5) is 5.69 Å². The maximum absolute atomic E-state index is 13.8. The highest BCUT2D eigenvalue weighted by Gasteiger charge is 2.60. The number of furan rings is 1. The van der Waals surface area contributed by atoms with Crippen molar-refractivity contribution >= 4 is 28.9 Å². The molecular formula is C28H31N3O8. The first-order chi connectivity index (χ1) is 18.3. The predicted molar refractivity (Wildman–Crippen MR) is 141 cm³/mol. The summed E-state index contributed by atoms with van der Waals surface area (Å²) in [6, 6.07) is 5.25. The molecule has 3 unspecified atom stereocenters. The van der Waals surface area contributed by atoms with Gasteiger partial charge >= 0.3 is 0 Å². The van der Waals surface area contributed by atoms with Gasteiger partial charge in [0.1, 0.15) is 34.4 Å². The normalized spacial score (nSPS) is 24.6. The van der Waals surface area contributed by atoms with Crippen molar-refractivity contribution in [3.05, 3.63) is 52.0 Å². The van der Waals surface area contributed by atoms with E-state index in [0.29, 0.717) is 34.9 Å². The maximum atomic E-state index is 13.8. The summed E-state index contributed by atoms with van der Waals surface area (Å²) in [5.41, 5.74) is 3.24. The van der Waals surface area contributed by atoms with Crippen LogP contribution in [0.3, 0.4) is 0 Å². The molecule has 206 valence electrons. The number of carbonyl (C=O) groups is 3. The number of aromatic hydroxyl groups is 1. The molecule has 0 radical (unpaired) electrons. The Morgan fingerprint density at radius 3 is 2.44 bits per heavy atom. The third-order valence-electron chi connectivity index (χ3n) is 7.92. The predicted octanol–water partition coefficient (Wildman–Crippen LogP) is 1.81. The number of nitrogens with two attached hydrogens (primary N) is 1. The molecule has 1 saturated carbocycles. The molecule has 0 saturated heterocycles. The van der Waals surface area contributed by atoms with Gasteiger partial charge in [0.15, 0.2) is 11.4 Å². The molecule has 1 heterocycles. The van der Waals surface area contributed by atoms with E-state index in [2.05, 4.69) is 0 Å². The molecule has 0 aliphatic heterocycles. The van der Waals surface area contributed by atoms with Crippen molar-refractivity contribution < 1.29 is 39.2 Å². The molecule has 0 spiro atoms. The van der Waals surface area contributed by atoms with Gasteiger partial charge in [0.2, 0.25) is 5.78 Å². The molecule has 1 fully saturated rings. The Morgan fingerprint density at radius 2 is 1.82 bits per heavy atom. The summed E-state index contributed by atoms with van der Waals surface area (Å²) >= 11 is 0. The van der Waals surface area contributed by atoms with Crippen molar-refractivity contribution in [1.82, 2.24) is 4.90 Å². The molecule has 3 aliphatic rings. The largest absolute Gasteiger partial charge is 0.508 e. The van der Waals surface area contributed by atoms with Crippen LogP contribution in [-0.4, -0.2) is 76.6 Å². The average Bonchev–Trinajstić information content (AvgIpc) is 3.28. The van der Waals surface area contributed by atoms with E-state index in [-0.39, 0.29) is 36.1 Å². The van der Waals surface area contributed by atoms with Crippen LogP contribution < -0.4 is 10.6 Å². The Morgan fingerprint density at radius 1 is 1.13 bits per heavy atom. The highest BCUT2D eigenvalue weighted by atomic mass is 16.4. The molecular weight excluding hydrogens is 506 g/mol. The lowest BCUT2D eigenvalue weighted by atomic mass is 9.59. The monoisotopic (exact) mass is 537 g/mol. The average molecular weight is 538 g/mol. The molecule has 3 aliphatic carbocycles. The number of primary amides is 1. The first kappa shape index (κ1) is 26.5.